The highest BCUT2D eigenvalue weighted by Crippen LogP contribution is 2.23. The molecule has 15 heavy (non-hydrogen) atoms. The highest BCUT2D eigenvalue weighted by Gasteiger charge is 2.27. The van der Waals surface area contributed by atoms with Crippen molar-refractivity contribution >= 4 is 0 Å². The second-order valence-electron chi connectivity index (χ2n) is 4.66. The first-order valence-electron chi connectivity index (χ1n) is 6.33. The molecule has 0 spiro atoms. The summed E-state index contributed by atoms with van der Waals surface area (Å²) in [5.74, 6) is 0.734. The molecule has 2 rings (SSSR count). The van der Waals surface area contributed by atoms with Gasteiger partial charge in [-0.2, -0.15) is 0 Å². The second kappa shape index (κ2) is 5.83. The third-order valence-corrected chi connectivity index (χ3v) is 3.64. The molecule has 2 saturated heterocycles. The minimum absolute atomic E-state index is 0.498. The molecular formula is C12H23NO2. The lowest BCUT2D eigenvalue weighted by Crippen LogP contribution is -2.39. The Morgan fingerprint density at radius 2 is 1.93 bits per heavy atom. The standard InChI is InChI=1S/C12H23NO2/c1-2-12-10(3-8-15-12)9-13-11-4-6-14-7-5-11/h10-13H,2-9H2,1H3. The van der Waals surface area contributed by atoms with Gasteiger partial charge in [0.05, 0.1) is 6.10 Å². The Morgan fingerprint density at radius 3 is 2.67 bits per heavy atom. The Balaban J connectivity index is 1.67. The topological polar surface area (TPSA) is 30.5 Å². The maximum absolute atomic E-state index is 5.69. The number of nitrogens with one attached hydrogen (secondary N) is 1. The van der Waals surface area contributed by atoms with E-state index in [-0.39, 0.29) is 0 Å². The Bertz CT molecular complexity index is 180. The van der Waals surface area contributed by atoms with Gasteiger partial charge in [-0.15, -0.1) is 0 Å². The van der Waals surface area contributed by atoms with Crippen LogP contribution in [-0.2, 0) is 9.47 Å². The molecule has 0 amide bonds. The molecule has 2 aliphatic heterocycles. The molecule has 2 heterocycles. The zero-order valence-corrected chi connectivity index (χ0v) is 9.71. The van der Waals surface area contributed by atoms with E-state index in [1.807, 2.05) is 0 Å². The minimum Gasteiger partial charge on any atom is -0.381 e. The highest BCUT2D eigenvalue weighted by molar-refractivity contribution is 4.79. The van der Waals surface area contributed by atoms with Crippen LogP contribution >= 0.6 is 0 Å². The molecule has 3 heteroatoms. The van der Waals surface area contributed by atoms with Gasteiger partial charge in [0.1, 0.15) is 0 Å². The third-order valence-electron chi connectivity index (χ3n) is 3.64. The molecule has 0 bridgehead atoms. The molecular weight excluding hydrogens is 190 g/mol. The fourth-order valence-corrected chi connectivity index (χ4v) is 2.60. The van der Waals surface area contributed by atoms with E-state index >= 15 is 0 Å². The summed E-state index contributed by atoms with van der Waals surface area (Å²) >= 11 is 0. The van der Waals surface area contributed by atoms with E-state index in [9.17, 15) is 0 Å². The molecule has 0 aromatic carbocycles. The lowest BCUT2D eigenvalue weighted by molar-refractivity contribution is 0.0695. The molecule has 2 aliphatic rings. The van der Waals surface area contributed by atoms with Crippen LogP contribution < -0.4 is 5.32 Å². The van der Waals surface area contributed by atoms with Crippen molar-refractivity contribution in [3.63, 3.8) is 0 Å². The molecule has 0 aromatic heterocycles. The summed E-state index contributed by atoms with van der Waals surface area (Å²) in [5, 5.41) is 3.67. The van der Waals surface area contributed by atoms with Gasteiger partial charge in [-0.3, -0.25) is 0 Å². The minimum atomic E-state index is 0.498. The summed E-state index contributed by atoms with van der Waals surface area (Å²) in [6.07, 6.45) is 5.22. The van der Waals surface area contributed by atoms with Gasteiger partial charge >= 0.3 is 0 Å². The monoisotopic (exact) mass is 213 g/mol. The number of hydrogen-bond acceptors (Lipinski definition) is 3. The van der Waals surface area contributed by atoms with Crippen molar-refractivity contribution in [1.82, 2.24) is 5.32 Å². The third kappa shape index (κ3) is 3.16. The predicted octanol–water partition coefficient (Wildman–Crippen LogP) is 1.57. The van der Waals surface area contributed by atoms with Crippen molar-refractivity contribution in [2.45, 2.75) is 44.8 Å². The lowest BCUT2D eigenvalue weighted by atomic mass is 9.98. The molecule has 0 saturated carbocycles. The van der Waals surface area contributed by atoms with Gasteiger partial charge in [0.15, 0.2) is 0 Å². The quantitative estimate of drug-likeness (QED) is 0.769. The summed E-state index contributed by atoms with van der Waals surface area (Å²) in [5.41, 5.74) is 0. The van der Waals surface area contributed by atoms with Gasteiger partial charge in [0.25, 0.3) is 0 Å². The molecule has 88 valence electrons. The number of rotatable bonds is 4. The van der Waals surface area contributed by atoms with Gasteiger partial charge in [-0.1, -0.05) is 6.92 Å². The summed E-state index contributed by atoms with van der Waals surface area (Å²) in [6, 6.07) is 0.678. The average molecular weight is 213 g/mol. The fourth-order valence-electron chi connectivity index (χ4n) is 2.60. The maximum Gasteiger partial charge on any atom is 0.0613 e. The zero-order valence-electron chi connectivity index (χ0n) is 9.71. The van der Waals surface area contributed by atoms with Crippen molar-refractivity contribution in [2.24, 2.45) is 5.92 Å². The number of ether oxygens (including phenoxy) is 2. The van der Waals surface area contributed by atoms with Crippen LogP contribution in [0.25, 0.3) is 0 Å². The second-order valence-corrected chi connectivity index (χ2v) is 4.66. The lowest BCUT2D eigenvalue weighted by Gasteiger charge is -2.26. The molecule has 1 N–H and O–H groups in total. The summed E-state index contributed by atoms with van der Waals surface area (Å²) < 4.78 is 11.0. The van der Waals surface area contributed by atoms with Crippen LogP contribution in [0.3, 0.4) is 0 Å². The Labute approximate surface area is 92.5 Å². The van der Waals surface area contributed by atoms with Crippen LogP contribution in [0.1, 0.15) is 32.6 Å². The first-order valence-corrected chi connectivity index (χ1v) is 6.33. The summed E-state index contributed by atoms with van der Waals surface area (Å²) in [4.78, 5) is 0. The van der Waals surface area contributed by atoms with E-state index in [0.29, 0.717) is 12.1 Å². The number of hydrogen-bond donors (Lipinski definition) is 1. The van der Waals surface area contributed by atoms with Crippen molar-refractivity contribution in [3.8, 4) is 0 Å². The summed E-state index contributed by atoms with van der Waals surface area (Å²) in [7, 11) is 0. The Hall–Kier alpha value is -0.120. The predicted molar refractivity (Wildman–Crippen MR) is 60.0 cm³/mol. The van der Waals surface area contributed by atoms with Crippen LogP contribution in [0.5, 0.6) is 0 Å². The van der Waals surface area contributed by atoms with Gasteiger partial charge in [0.2, 0.25) is 0 Å². The molecule has 0 aromatic rings. The van der Waals surface area contributed by atoms with Crippen LogP contribution in [0.4, 0.5) is 0 Å². The van der Waals surface area contributed by atoms with Crippen molar-refractivity contribution < 1.29 is 9.47 Å². The molecule has 2 atom stereocenters. The van der Waals surface area contributed by atoms with Crippen LogP contribution in [0.2, 0.25) is 0 Å². The van der Waals surface area contributed by atoms with Gasteiger partial charge in [0, 0.05) is 32.4 Å². The fraction of sp³-hybridized carbons (Fsp3) is 1.00. The van der Waals surface area contributed by atoms with E-state index in [1.165, 1.54) is 19.3 Å². The largest absolute Gasteiger partial charge is 0.381 e. The molecule has 0 radical (unpaired) electrons. The van der Waals surface area contributed by atoms with E-state index in [1.54, 1.807) is 0 Å². The van der Waals surface area contributed by atoms with Crippen molar-refractivity contribution in [3.05, 3.63) is 0 Å². The van der Waals surface area contributed by atoms with Crippen LogP contribution in [0, 0.1) is 5.92 Å². The van der Waals surface area contributed by atoms with Crippen molar-refractivity contribution in [2.75, 3.05) is 26.4 Å². The normalized spacial score (nSPS) is 33.4. The smallest absolute Gasteiger partial charge is 0.0613 e. The average Bonchev–Trinajstić information content (AvgIpc) is 2.75. The van der Waals surface area contributed by atoms with Gasteiger partial charge in [-0.05, 0) is 31.6 Å². The van der Waals surface area contributed by atoms with E-state index in [0.717, 1.165) is 38.7 Å². The SMILES string of the molecule is CCC1OCCC1CNC1CCOCC1. The highest BCUT2D eigenvalue weighted by atomic mass is 16.5. The molecule has 2 fully saturated rings. The van der Waals surface area contributed by atoms with E-state index < -0.39 is 0 Å². The Kier molecular flexibility index (Phi) is 4.42. The van der Waals surface area contributed by atoms with Crippen molar-refractivity contribution in [1.29, 1.82) is 0 Å². The van der Waals surface area contributed by atoms with Crippen LogP contribution in [0.15, 0.2) is 0 Å². The first-order chi connectivity index (χ1) is 7.40. The van der Waals surface area contributed by atoms with E-state index in [4.69, 9.17) is 9.47 Å². The van der Waals surface area contributed by atoms with E-state index in [2.05, 4.69) is 12.2 Å². The molecule has 3 nitrogen and oxygen atoms in total. The molecule has 0 aliphatic carbocycles. The maximum atomic E-state index is 5.69. The molecule has 2 unspecified atom stereocenters. The Morgan fingerprint density at radius 1 is 1.13 bits per heavy atom. The van der Waals surface area contributed by atoms with Gasteiger partial charge < -0.3 is 14.8 Å². The van der Waals surface area contributed by atoms with Crippen LogP contribution in [-0.4, -0.2) is 38.5 Å². The van der Waals surface area contributed by atoms with Gasteiger partial charge in [-0.25, -0.2) is 0 Å². The first kappa shape index (κ1) is 11.4. The zero-order chi connectivity index (χ0) is 10.5. The summed E-state index contributed by atoms with van der Waals surface area (Å²) in [6.45, 7) is 6.16.